The molecule has 3 fully saturated rings. The summed E-state index contributed by atoms with van der Waals surface area (Å²) in [6.07, 6.45) is 1.60. The van der Waals surface area contributed by atoms with Crippen LogP contribution >= 0.6 is 0 Å². The molecule has 3 saturated heterocycles. The number of ether oxygens (including phenoxy) is 2. The van der Waals surface area contributed by atoms with E-state index in [0.29, 0.717) is 13.1 Å². The maximum Gasteiger partial charge on any atom is 0.410 e. The van der Waals surface area contributed by atoms with Gasteiger partial charge in [0.05, 0.1) is 36.4 Å². The molecule has 5 amide bonds. The molecule has 198 valence electrons. The van der Waals surface area contributed by atoms with Gasteiger partial charge in [0.1, 0.15) is 11.6 Å². The van der Waals surface area contributed by atoms with Gasteiger partial charge >= 0.3 is 6.09 Å². The number of carbonyl (C=O) groups is 5. The fourth-order valence-corrected chi connectivity index (χ4v) is 5.18. The zero-order valence-electron chi connectivity index (χ0n) is 21.3. The number of hydrogen-bond donors (Lipinski definition) is 1. The van der Waals surface area contributed by atoms with E-state index in [0.717, 1.165) is 36.5 Å². The van der Waals surface area contributed by atoms with Gasteiger partial charge in [0.25, 0.3) is 11.8 Å². The lowest BCUT2D eigenvalue weighted by atomic mass is 10.0. The van der Waals surface area contributed by atoms with Crippen molar-refractivity contribution < 1.29 is 33.4 Å². The number of nitrogens with zero attached hydrogens (tertiary/aromatic N) is 3. The third-order valence-electron chi connectivity index (χ3n) is 7.12. The SMILES string of the molecule is CC(C)(C)OC(=O)N1CC(OC2CCN(c3ccc4c(c3)C(=O)N(C3CCC(=O)NC3=O)C4=O)CC2)C1. The normalized spacial score (nSPS) is 23.2. The van der Waals surface area contributed by atoms with Crippen LogP contribution in [0.25, 0.3) is 0 Å². The molecule has 37 heavy (non-hydrogen) atoms. The van der Waals surface area contributed by atoms with Crippen molar-refractivity contribution in [2.24, 2.45) is 0 Å². The highest BCUT2D eigenvalue weighted by atomic mass is 16.6. The second-order valence-electron chi connectivity index (χ2n) is 11.0. The van der Waals surface area contributed by atoms with Crippen LogP contribution in [0, 0.1) is 0 Å². The van der Waals surface area contributed by atoms with E-state index in [-0.39, 0.29) is 42.3 Å². The average molecular weight is 513 g/mol. The third kappa shape index (κ3) is 5.04. The molecule has 0 aliphatic carbocycles. The van der Waals surface area contributed by atoms with Crippen LogP contribution in [0.5, 0.6) is 0 Å². The van der Waals surface area contributed by atoms with Crippen LogP contribution in [0.2, 0.25) is 0 Å². The number of fused-ring (bicyclic) bond motifs is 1. The minimum atomic E-state index is -0.973. The number of piperidine rings is 2. The Morgan fingerprint density at radius 2 is 1.62 bits per heavy atom. The van der Waals surface area contributed by atoms with Crippen LogP contribution in [-0.2, 0) is 19.1 Å². The lowest BCUT2D eigenvalue weighted by molar-refractivity contribution is -0.136. The lowest BCUT2D eigenvalue weighted by Crippen LogP contribution is -2.57. The number of hydrogen-bond acceptors (Lipinski definition) is 8. The van der Waals surface area contributed by atoms with Crippen molar-refractivity contribution in [1.82, 2.24) is 15.1 Å². The van der Waals surface area contributed by atoms with Crippen molar-refractivity contribution in [1.29, 1.82) is 0 Å². The zero-order chi connectivity index (χ0) is 26.5. The average Bonchev–Trinajstić information content (AvgIpc) is 3.05. The van der Waals surface area contributed by atoms with Crippen molar-refractivity contribution in [2.45, 2.75) is 70.3 Å². The number of benzene rings is 1. The molecule has 0 spiro atoms. The van der Waals surface area contributed by atoms with Crippen molar-refractivity contribution in [3.63, 3.8) is 0 Å². The molecular formula is C26H32N4O7. The summed E-state index contributed by atoms with van der Waals surface area (Å²) in [7, 11) is 0. The van der Waals surface area contributed by atoms with E-state index >= 15 is 0 Å². The summed E-state index contributed by atoms with van der Waals surface area (Å²) in [6.45, 7) is 8.04. The van der Waals surface area contributed by atoms with E-state index in [1.165, 1.54) is 0 Å². The van der Waals surface area contributed by atoms with Crippen molar-refractivity contribution >= 4 is 35.4 Å². The molecule has 4 aliphatic rings. The van der Waals surface area contributed by atoms with Gasteiger partial charge < -0.3 is 19.3 Å². The van der Waals surface area contributed by atoms with Gasteiger partial charge in [-0.2, -0.15) is 0 Å². The molecule has 1 aromatic carbocycles. The van der Waals surface area contributed by atoms with Crippen LogP contribution in [0.1, 0.15) is 67.2 Å². The second kappa shape index (κ2) is 9.44. The fraction of sp³-hybridized carbons (Fsp3) is 0.577. The minimum Gasteiger partial charge on any atom is -0.444 e. The predicted molar refractivity (Wildman–Crippen MR) is 131 cm³/mol. The van der Waals surface area contributed by atoms with Gasteiger partial charge in [-0.3, -0.25) is 29.4 Å². The van der Waals surface area contributed by atoms with E-state index in [1.54, 1.807) is 17.0 Å². The van der Waals surface area contributed by atoms with Gasteiger partial charge in [0.2, 0.25) is 11.8 Å². The molecule has 1 atom stereocenters. The Balaban J connectivity index is 1.14. The van der Waals surface area contributed by atoms with Crippen LogP contribution in [0.15, 0.2) is 18.2 Å². The molecule has 0 aromatic heterocycles. The number of amides is 5. The number of nitrogens with one attached hydrogen (secondary N) is 1. The van der Waals surface area contributed by atoms with Gasteiger partial charge in [-0.25, -0.2) is 4.79 Å². The quantitative estimate of drug-likeness (QED) is 0.605. The Morgan fingerprint density at radius 1 is 0.946 bits per heavy atom. The molecular weight excluding hydrogens is 480 g/mol. The van der Waals surface area contributed by atoms with Crippen molar-refractivity contribution in [2.75, 3.05) is 31.1 Å². The first-order valence-corrected chi connectivity index (χ1v) is 12.7. The first-order chi connectivity index (χ1) is 17.5. The van der Waals surface area contributed by atoms with Gasteiger partial charge in [0.15, 0.2) is 0 Å². The van der Waals surface area contributed by atoms with Crippen LogP contribution in [-0.4, -0.2) is 89.6 Å². The minimum absolute atomic E-state index is 0.00552. The molecule has 5 rings (SSSR count). The highest BCUT2D eigenvalue weighted by Gasteiger charge is 2.45. The van der Waals surface area contributed by atoms with Crippen LogP contribution < -0.4 is 10.2 Å². The second-order valence-corrected chi connectivity index (χ2v) is 11.0. The van der Waals surface area contributed by atoms with Gasteiger partial charge in [-0.05, 0) is 58.2 Å². The maximum atomic E-state index is 13.1. The highest BCUT2D eigenvalue weighted by molar-refractivity contribution is 6.23. The van der Waals surface area contributed by atoms with Gasteiger partial charge in [-0.1, -0.05) is 0 Å². The number of anilines is 1. The zero-order valence-corrected chi connectivity index (χ0v) is 21.3. The predicted octanol–water partition coefficient (Wildman–Crippen LogP) is 1.69. The van der Waals surface area contributed by atoms with E-state index < -0.39 is 35.3 Å². The summed E-state index contributed by atoms with van der Waals surface area (Å²) in [5, 5.41) is 2.21. The Kier molecular flexibility index (Phi) is 6.43. The topological polar surface area (TPSA) is 126 Å². The van der Waals surface area contributed by atoms with Crippen LogP contribution in [0.3, 0.4) is 0 Å². The molecule has 11 nitrogen and oxygen atoms in total. The molecule has 1 aromatic rings. The highest BCUT2D eigenvalue weighted by Crippen LogP contribution is 2.32. The smallest absolute Gasteiger partial charge is 0.410 e. The van der Waals surface area contributed by atoms with Gasteiger partial charge in [0, 0.05) is 25.2 Å². The third-order valence-corrected chi connectivity index (χ3v) is 7.12. The van der Waals surface area contributed by atoms with Gasteiger partial charge in [-0.15, -0.1) is 0 Å². The van der Waals surface area contributed by atoms with Crippen LogP contribution in [0.4, 0.5) is 10.5 Å². The van der Waals surface area contributed by atoms with E-state index in [2.05, 4.69) is 10.2 Å². The standard InChI is InChI=1S/C26H32N4O7/c1-26(2,3)37-25(35)29-13-17(14-29)36-16-8-10-28(11-9-16)15-4-5-18-19(12-15)24(34)30(23(18)33)20-6-7-21(31)27-22(20)32/h4-5,12,16-17,20H,6-11,13-14H2,1-3H3,(H,27,31,32). The fourth-order valence-electron chi connectivity index (χ4n) is 5.18. The first-order valence-electron chi connectivity index (χ1n) is 12.7. The monoisotopic (exact) mass is 512 g/mol. The largest absolute Gasteiger partial charge is 0.444 e. The molecule has 4 heterocycles. The van der Waals surface area contributed by atoms with E-state index in [1.807, 2.05) is 26.8 Å². The Labute approximate surface area is 215 Å². The maximum absolute atomic E-state index is 13.1. The number of rotatable bonds is 4. The summed E-state index contributed by atoms with van der Waals surface area (Å²) in [5.41, 5.74) is 0.871. The Bertz CT molecular complexity index is 1150. The summed E-state index contributed by atoms with van der Waals surface area (Å²) in [4.78, 5) is 66.6. The summed E-state index contributed by atoms with van der Waals surface area (Å²) >= 11 is 0. The molecule has 0 saturated carbocycles. The molecule has 1 N–H and O–H groups in total. The van der Waals surface area contributed by atoms with Crippen molar-refractivity contribution in [3.8, 4) is 0 Å². The molecule has 11 heteroatoms. The Hall–Kier alpha value is -3.47. The molecule has 0 radical (unpaired) electrons. The Morgan fingerprint density at radius 3 is 2.27 bits per heavy atom. The molecule has 1 unspecified atom stereocenters. The summed E-state index contributed by atoms with van der Waals surface area (Å²) in [6, 6.07) is 4.20. The molecule has 4 aliphatic heterocycles. The number of carbonyl (C=O) groups excluding carboxylic acids is 5. The van der Waals surface area contributed by atoms with Crippen molar-refractivity contribution in [3.05, 3.63) is 29.3 Å². The van der Waals surface area contributed by atoms with E-state index in [9.17, 15) is 24.0 Å². The number of likely N-dealkylation sites (tertiary alicyclic amines) is 1. The first kappa shape index (κ1) is 25.2. The molecule has 0 bridgehead atoms. The van der Waals surface area contributed by atoms with E-state index in [4.69, 9.17) is 9.47 Å². The number of imide groups is 2. The lowest BCUT2D eigenvalue weighted by Gasteiger charge is -2.42. The summed E-state index contributed by atoms with van der Waals surface area (Å²) < 4.78 is 11.6. The summed E-state index contributed by atoms with van der Waals surface area (Å²) in [5.74, 6) is -2.03.